The molecule has 2 aliphatic heterocycles. The van der Waals surface area contributed by atoms with Gasteiger partial charge in [-0.15, -0.1) is 6.58 Å². The summed E-state index contributed by atoms with van der Waals surface area (Å²) in [4.78, 5) is 10.5. The first kappa shape index (κ1) is 44.7. The summed E-state index contributed by atoms with van der Waals surface area (Å²) < 4.78 is 23.2. The molecule has 298 valence electrons. The molecule has 4 aromatic carbocycles. The lowest BCUT2D eigenvalue weighted by Gasteiger charge is -2.51. The molecule has 0 radical (unpaired) electrons. The van der Waals surface area contributed by atoms with Crippen molar-refractivity contribution < 1.29 is 33.8 Å². The van der Waals surface area contributed by atoms with Crippen LogP contribution in [0.25, 0.3) is 21.5 Å². The Balaban J connectivity index is 0.000000257. The highest BCUT2D eigenvalue weighted by Gasteiger charge is 2.44. The first-order valence-corrected chi connectivity index (χ1v) is 19.8. The summed E-state index contributed by atoms with van der Waals surface area (Å²) in [6, 6.07) is 20.5. The van der Waals surface area contributed by atoms with Crippen LogP contribution in [0, 0.1) is 3.57 Å². The second-order valence-electron chi connectivity index (χ2n) is 15.3. The van der Waals surface area contributed by atoms with Crippen LogP contribution in [-0.2, 0) is 14.3 Å². The zero-order valence-corrected chi connectivity index (χ0v) is 35.3. The van der Waals surface area contributed by atoms with Crippen LogP contribution in [0.3, 0.4) is 0 Å². The van der Waals surface area contributed by atoms with Gasteiger partial charge >= 0.3 is 14.1 Å². The molecule has 2 aliphatic rings. The van der Waals surface area contributed by atoms with E-state index in [1.54, 1.807) is 27.1 Å². The predicted octanol–water partition coefficient (Wildman–Crippen LogP) is 8.98. The fourth-order valence-electron chi connectivity index (χ4n) is 7.96. The van der Waals surface area contributed by atoms with Crippen LogP contribution in [-0.4, -0.2) is 87.8 Å². The summed E-state index contributed by atoms with van der Waals surface area (Å²) in [6.07, 6.45) is 5.21. The minimum Gasteiger partial charge on any atom is -0.467 e. The molecule has 1 fully saturated rings. The van der Waals surface area contributed by atoms with Crippen molar-refractivity contribution in [2.45, 2.75) is 85.0 Å². The molecule has 13 heteroatoms. The summed E-state index contributed by atoms with van der Waals surface area (Å²) in [7, 11) is 2.01. The molecule has 10 nitrogen and oxygen atoms in total. The molecule has 2 N–H and O–H groups in total. The van der Waals surface area contributed by atoms with Gasteiger partial charge in [0.2, 0.25) is 0 Å². The molecule has 1 unspecified atom stereocenters. The molecule has 2 heterocycles. The third kappa shape index (κ3) is 9.92. The molecule has 0 bridgehead atoms. The van der Waals surface area contributed by atoms with Gasteiger partial charge in [0.25, 0.3) is 0 Å². The smallest absolute Gasteiger partial charge is 0.409 e. The molecule has 0 aromatic heterocycles. The van der Waals surface area contributed by atoms with Crippen molar-refractivity contribution in [1.82, 2.24) is 5.06 Å². The largest absolute Gasteiger partial charge is 0.467 e. The van der Waals surface area contributed by atoms with E-state index in [4.69, 9.17) is 23.8 Å². The van der Waals surface area contributed by atoms with Crippen LogP contribution in [0.4, 0.5) is 11.4 Å². The molecule has 1 saturated heterocycles. The van der Waals surface area contributed by atoms with Crippen molar-refractivity contribution in [1.29, 1.82) is 0 Å². The molecular weight excluding hydrogens is 807 g/mol. The van der Waals surface area contributed by atoms with E-state index in [0.717, 1.165) is 66.4 Å². The van der Waals surface area contributed by atoms with Gasteiger partial charge in [0.1, 0.15) is 11.5 Å². The monoisotopic (exact) mass is 867 g/mol. The summed E-state index contributed by atoms with van der Waals surface area (Å²) in [5.41, 5.74) is 2.97. The number of fused-ring (bicyclic) bond motifs is 3. The highest BCUT2D eigenvalue weighted by Crippen LogP contribution is 2.48. The quantitative estimate of drug-likeness (QED) is 0.0554. The van der Waals surface area contributed by atoms with Gasteiger partial charge in [0.05, 0.1) is 10.2 Å². The van der Waals surface area contributed by atoms with Gasteiger partial charge in [0.15, 0.2) is 13.6 Å². The number of rotatable bonds is 14. The number of hydrogen-bond donors (Lipinski definition) is 2. The van der Waals surface area contributed by atoms with Crippen molar-refractivity contribution in [2.24, 2.45) is 0 Å². The third-order valence-corrected chi connectivity index (χ3v) is 11.4. The van der Waals surface area contributed by atoms with Crippen LogP contribution in [0.5, 0.6) is 11.5 Å². The normalized spacial score (nSPS) is 17.1. The van der Waals surface area contributed by atoms with Crippen LogP contribution in [0.1, 0.15) is 65.9 Å². The fourth-order valence-corrected chi connectivity index (χ4v) is 8.87. The highest BCUT2D eigenvalue weighted by atomic mass is 127. The number of hydroxylamine groups is 2. The molecule has 6 rings (SSSR count). The lowest BCUT2D eigenvalue weighted by Crippen LogP contribution is -2.58. The molecule has 4 aromatic rings. The number of ether oxygens (including phenoxy) is 4. The van der Waals surface area contributed by atoms with Gasteiger partial charge in [-0.2, -0.15) is 5.06 Å². The zero-order chi connectivity index (χ0) is 39.2. The van der Waals surface area contributed by atoms with Crippen LogP contribution >= 0.6 is 22.6 Å². The standard InChI is InChI=1S/C25H37BN2O4.C16H19BINO3.CH4/c1-24(2)12-9-13-25(3,4)28(24)32-16-19-15-27(26(5)29)21-14-18-10-7-8-11-20(18)23(22(19)21)31-17-30-6;1-4-9-19(17(2)20)14-10-12-7-5-6-8-13(12)16(15(14)18)22-11-21-3;/h7-8,10-11,14,19,29H,9,12-13,15-17H2,1-6H3;4-8,10,20H,1,9,11H2,2-3H3;1H4. The molecule has 0 saturated carbocycles. The van der Waals surface area contributed by atoms with Crippen molar-refractivity contribution in [3.05, 3.63) is 82.5 Å². The molecular formula is C42H60B2IN3O7. The lowest BCUT2D eigenvalue weighted by atomic mass is 9.82. The predicted molar refractivity (Wildman–Crippen MR) is 237 cm³/mol. The van der Waals surface area contributed by atoms with E-state index in [-0.39, 0.29) is 38.0 Å². The van der Waals surface area contributed by atoms with E-state index in [1.165, 1.54) is 6.42 Å². The SMILES string of the molecule is C.C=CCN(B(C)O)c1cc2ccccc2c(OCOC)c1I.COCOc1c2c(cc3ccccc13)N(B(C)O)CC2CON1C(C)(C)CCCC1(C)C. The number of benzene rings is 4. The van der Waals surface area contributed by atoms with Gasteiger partial charge in [0, 0.05) is 72.0 Å². The van der Waals surface area contributed by atoms with Gasteiger partial charge in [-0.05, 0) is 106 Å². The van der Waals surface area contributed by atoms with Crippen molar-refractivity contribution in [3.63, 3.8) is 0 Å². The van der Waals surface area contributed by atoms with Crippen molar-refractivity contribution >= 4 is 69.6 Å². The number of piperidine rings is 1. The first-order chi connectivity index (χ1) is 25.7. The van der Waals surface area contributed by atoms with Crippen molar-refractivity contribution in [2.75, 3.05) is 57.1 Å². The Labute approximate surface area is 343 Å². The van der Waals surface area contributed by atoms with Gasteiger partial charge in [-0.1, -0.05) is 62.0 Å². The van der Waals surface area contributed by atoms with Gasteiger partial charge < -0.3 is 38.6 Å². The average molecular weight is 867 g/mol. The number of anilines is 2. The fraction of sp³-hybridized carbons (Fsp3) is 0.476. The minimum absolute atomic E-state index is 0. The molecule has 0 aliphatic carbocycles. The van der Waals surface area contributed by atoms with E-state index in [2.05, 4.69) is 86.2 Å². The van der Waals surface area contributed by atoms with Crippen LogP contribution < -0.4 is 19.1 Å². The highest BCUT2D eigenvalue weighted by molar-refractivity contribution is 14.1. The molecule has 55 heavy (non-hydrogen) atoms. The third-order valence-electron chi connectivity index (χ3n) is 10.3. The Kier molecular flexibility index (Phi) is 15.8. The van der Waals surface area contributed by atoms with Crippen LogP contribution in [0.2, 0.25) is 13.6 Å². The summed E-state index contributed by atoms with van der Waals surface area (Å²) in [5.74, 6) is 1.67. The van der Waals surface area contributed by atoms with Gasteiger partial charge in [-0.3, -0.25) is 4.84 Å². The second kappa shape index (κ2) is 19.4. The Hall–Kier alpha value is -3.04. The van der Waals surface area contributed by atoms with Crippen LogP contribution in [0.15, 0.2) is 73.3 Å². The van der Waals surface area contributed by atoms with E-state index in [0.29, 0.717) is 19.7 Å². The maximum absolute atomic E-state index is 10.5. The summed E-state index contributed by atoms with van der Waals surface area (Å²) in [6.45, 7) is 18.5. The Morgan fingerprint density at radius 1 is 0.891 bits per heavy atom. The number of nitrogens with zero attached hydrogens (tertiary/aromatic N) is 3. The number of halogens is 1. The van der Waals surface area contributed by atoms with E-state index >= 15 is 0 Å². The van der Waals surface area contributed by atoms with Crippen molar-refractivity contribution in [3.8, 4) is 11.5 Å². The molecule has 1 atom stereocenters. The number of hydrogen-bond acceptors (Lipinski definition) is 10. The zero-order valence-electron chi connectivity index (χ0n) is 33.1. The lowest BCUT2D eigenvalue weighted by molar-refractivity contribution is -0.282. The second-order valence-corrected chi connectivity index (χ2v) is 16.4. The van der Waals surface area contributed by atoms with E-state index in [1.807, 2.05) is 52.8 Å². The molecule has 0 amide bonds. The Morgan fingerprint density at radius 2 is 1.44 bits per heavy atom. The van der Waals surface area contributed by atoms with E-state index < -0.39 is 14.1 Å². The Morgan fingerprint density at radius 3 is 1.98 bits per heavy atom. The summed E-state index contributed by atoms with van der Waals surface area (Å²) in [5, 5.41) is 27.1. The minimum atomic E-state index is -0.622. The topological polar surface area (TPSA) is 96.3 Å². The maximum atomic E-state index is 10.5. The van der Waals surface area contributed by atoms with Gasteiger partial charge in [-0.25, -0.2) is 0 Å². The Bertz CT molecular complexity index is 1880. The average Bonchev–Trinajstić information content (AvgIpc) is 3.49. The van der Waals surface area contributed by atoms with E-state index in [9.17, 15) is 10.0 Å². The summed E-state index contributed by atoms with van der Waals surface area (Å²) >= 11 is 2.25. The maximum Gasteiger partial charge on any atom is 0.409 e. The first-order valence-electron chi connectivity index (χ1n) is 18.7. The number of methoxy groups -OCH3 is 2. The molecule has 0 spiro atoms.